The normalized spacial score (nSPS) is 10.6. The Morgan fingerprint density at radius 3 is 2.44 bits per heavy atom. The molecule has 0 saturated carbocycles. The summed E-state index contributed by atoms with van der Waals surface area (Å²) in [5.74, 6) is -1.04. The molecule has 1 aromatic heterocycles. The molecule has 3 rings (SSSR count). The number of rotatable bonds is 4. The number of nitrogens with zero attached hydrogens (tertiary/aromatic N) is 2. The molecule has 0 spiro atoms. The Bertz CT molecular complexity index is 1040. The Hall–Kier alpha value is -3.61. The molecule has 25 heavy (non-hydrogen) atoms. The molecule has 1 amide bonds. The van der Waals surface area contributed by atoms with Gasteiger partial charge in [-0.1, -0.05) is 24.3 Å². The maximum atomic E-state index is 11.9. The Labute approximate surface area is 142 Å². The van der Waals surface area contributed by atoms with Crippen LogP contribution < -0.4 is 5.73 Å². The lowest BCUT2D eigenvalue weighted by Crippen LogP contribution is -2.17. The van der Waals surface area contributed by atoms with Gasteiger partial charge < -0.3 is 15.8 Å². The van der Waals surface area contributed by atoms with Crippen LogP contribution in [0.5, 0.6) is 0 Å². The minimum absolute atomic E-state index is 0.0945. The number of amides is 1. The number of nitro groups is 1. The number of hydrogen-bond donors (Lipinski definition) is 1. The number of carbonyl (C=O) groups excluding carboxylic acids is 2. The molecule has 2 N–H and O–H groups in total. The Balaban J connectivity index is 2.49. The number of benzene rings is 2. The molecular formula is C18H13N3O4. The standard InChI is InChI=1S/C18H13N3O4/c1-10-16(14-7-4-8-15(20-14)21(24)25)12-6-3-2-5-11(12)13(9-22)17(10)18(19)23/h2-9H,1H3,(H2,19,23). The zero-order chi connectivity index (χ0) is 18.1. The molecule has 7 heteroatoms. The summed E-state index contributed by atoms with van der Waals surface area (Å²) < 4.78 is 0. The molecule has 124 valence electrons. The van der Waals surface area contributed by atoms with Crippen molar-refractivity contribution in [3.8, 4) is 11.3 Å². The zero-order valence-corrected chi connectivity index (χ0v) is 13.2. The van der Waals surface area contributed by atoms with Crippen LogP contribution in [0.15, 0.2) is 42.5 Å². The van der Waals surface area contributed by atoms with Gasteiger partial charge in [0.1, 0.15) is 0 Å². The van der Waals surface area contributed by atoms with E-state index < -0.39 is 10.8 Å². The second kappa shape index (κ2) is 6.12. The summed E-state index contributed by atoms with van der Waals surface area (Å²) in [6, 6.07) is 11.4. The number of aldehydes is 1. The number of carbonyl (C=O) groups is 2. The first-order valence-electron chi connectivity index (χ1n) is 7.37. The Kier molecular flexibility index (Phi) is 3.98. The van der Waals surface area contributed by atoms with E-state index in [4.69, 9.17) is 5.73 Å². The fourth-order valence-electron chi connectivity index (χ4n) is 3.03. The van der Waals surface area contributed by atoms with E-state index in [9.17, 15) is 19.7 Å². The highest BCUT2D eigenvalue weighted by molar-refractivity contribution is 6.15. The average molecular weight is 335 g/mol. The van der Waals surface area contributed by atoms with Crippen LogP contribution in [-0.4, -0.2) is 22.1 Å². The van der Waals surface area contributed by atoms with E-state index in [0.29, 0.717) is 33.9 Å². The van der Waals surface area contributed by atoms with Crippen molar-refractivity contribution in [3.63, 3.8) is 0 Å². The van der Waals surface area contributed by atoms with E-state index in [1.54, 1.807) is 37.3 Å². The van der Waals surface area contributed by atoms with Crippen LogP contribution in [-0.2, 0) is 0 Å². The SMILES string of the molecule is Cc1c(C(N)=O)c(C=O)c2ccccc2c1-c1cccc([N+](=O)[O-])n1. The summed E-state index contributed by atoms with van der Waals surface area (Å²) in [7, 11) is 0. The maximum Gasteiger partial charge on any atom is 0.364 e. The van der Waals surface area contributed by atoms with E-state index in [1.165, 1.54) is 12.1 Å². The zero-order valence-electron chi connectivity index (χ0n) is 13.2. The van der Waals surface area contributed by atoms with Crippen LogP contribution in [0.3, 0.4) is 0 Å². The van der Waals surface area contributed by atoms with E-state index in [1.807, 2.05) is 0 Å². The molecule has 0 bridgehead atoms. The first-order valence-corrected chi connectivity index (χ1v) is 7.37. The van der Waals surface area contributed by atoms with Gasteiger partial charge in [-0.05, 0) is 45.3 Å². The van der Waals surface area contributed by atoms with Gasteiger partial charge >= 0.3 is 5.82 Å². The largest absolute Gasteiger partial charge is 0.366 e. The van der Waals surface area contributed by atoms with Crippen LogP contribution in [0, 0.1) is 17.0 Å². The van der Waals surface area contributed by atoms with Crippen molar-refractivity contribution in [2.45, 2.75) is 6.92 Å². The third-order valence-electron chi connectivity index (χ3n) is 4.05. The van der Waals surface area contributed by atoms with Crippen LogP contribution >= 0.6 is 0 Å². The molecular weight excluding hydrogens is 322 g/mol. The van der Waals surface area contributed by atoms with E-state index in [-0.39, 0.29) is 16.9 Å². The third-order valence-corrected chi connectivity index (χ3v) is 4.05. The summed E-state index contributed by atoms with van der Waals surface area (Å²) >= 11 is 0. The van der Waals surface area contributed by atoms with Gasteiger partial charge in [0.15, 0.2) is 12.0 Å². The van der Waals surface area contributed by atoms with Gasteiger partial charge in [0.25, 0.3) is 0 Å². The lowest BCUT2D eigenvalue weighted by molar-refractivity contribution is -0.389. The summed E-state index contributed by atoms with van der Waals surface area (Å²) in [5.41, 5.74) is 7.11. The predicted molar refractivity (Wildman–Crippen MR) is 92.5 cm³/mol. The van der Waals surface area contributed by atoms with Crippen LogP contribution in [0.1, 0.15) is 26.3 Å². The van der Waals surface area contributed by atoms with Gasteiger partial charge in [0.2, 0.25) is 5.91 Å². The first kappa shape index (κ1) is 16.3. The van der Waals surface area contributed by atoms with E-state index in [0.717, 1.165) is 0 Å². The van der Waals surface area contributed by atoms with E-state index in [2.05, 4.69) is 4.98 Å². The number of nitrogens with two attached hydrogens (primary N) is 1. The lowest BCUT2D eigenvalue weighted by atomic mass is 9.88. The molecule has 2 aromatic carbocycles. The number of primary amides is 1. The van der Waals surface area contributed by atoms with Gasteiger partial charge in [-0.2, -0.15) is 0 Å². The highest BCUT2D eigenvalue weighted by Crippen LogP contribution is 2.36. The van der Waals surface area contributed by atoms with Gasteiger partial charge in [-0.3, -0.25) is 9.59 Å². The number of hydrogen-bond acceptors (Lipinski definition) is 5. The van der Waals surface area contributed by atoms with Crippen molar-refractivity contribution in [1.29, 1.82) is 0 Å². The quantitative estimate of drug-likeness (QED) is 0.447. The smallest absolute Gasteiger partial charge is 0.364 e. The monoisotopic (exact) mass is 335 g/mol. The van der Waals surface area contributed by atoms with Crippen LogP contribution in [0.25, 0.3) is 22.0 Å². The lowest BCUT2D eigenvalue weighted by Gasteiger charge is -2.14. The molecule has 0 radical (unpaired) electrons. The molecule has 0 saturated heterocycles. The van der Waals surface area contributed by atoms with Crippen molar-refractivity contribution in [2.24, 2.45) is 5.73 Å². The molecule has 0 aliphatic carbocycles. The topological polar surface area (TPSA) is 116 Å². The van der Waals surface area contributed by atoms with Gasteiger partial charge in [0, 0.05) is 17.2 Å². The minimum Gasteiger partial charge on any atom is -0.366 e. The summed E-state index contributed by atoms with van der Waals surface area (Å²) in [6.45, 7) is 1.65. The van der Waals surface area contributed by atoms with Crippen LogP contribution in [0.2, 0.25) is 0 Å². The number of aromatic nitrogens is 1. The Morgan fingerprint density at radius 2 is 1.84 bits per heavy atom. The number of fused-ring (bicyclic) bond motifs is 1. The van der Waals surface area contributed by atoms with Crippen molar-refractivity contribution in [3.05, 3.63) is 69.3 Å². The summed E-state index contributed by atoms with van der Waals surface area (Å²) in [5, 5.41) is 12.2. The number of pyridine rings is 1. The van der Waals surface area contributed by atoms with E-state index >= 15 is 0 Å². The molecule has 1 heterocycles. The molecule has 0 atom stereocenters. The summed E-state index contributed by atoms with van der Waals surface area (Å²) in [6.07, 6.45) is 0.597. The molecule has 0 unspecified atom stereocenters. The van der Waals surface area contributed by atoms with Crippen molar-refractivity contribution >= 4 is 28.8 Å². The third kappa shape index (κ3) is 2.61. The Morgan fingerprint density at radius 1 is 1.16 bits per heavy atom. The van der Waals surface area contributed by atoms with Gasteiger partial charge in [-0.25, -0.2) is 0 Å². The van der Waals surface area contributed by atoms with Gasteiger partial charge in [-0.15, -0.1) is 0 Å². The second-order valence-corrected chi connectivity index (χ2v) is 5.45. The van der Waals surface area contributed by atoms with Crippen molar-refractivity contribution in [1.82, 2.24) is 4.98 Å². The molecule has 0 fully saturated rings. The first-order chi connectivity index (χ1) is 12.0. The second-order valence-electron chi connectivity index (χ2n) is 5.45. The summed E-state index contributed by atoms with van der Waals surface area (Å²) in [4.78, 5) is 38.0. The van der Waals surface area contributed by atoms with Crippen LogP contribution in [0.4, 0.5) is 5.82 Å². The highest BCUT2D eigenvalue weighted by atomic mass is 16.6. The minimum atomic E-state index is -0.739. The molecule has 0 aliphatic heterocycles. The fourth-order valence-corrected chi connectivity index (χ4v) is 3.03. The van der Waals surface area contributed by atoms with Gasteiger partial charge in [0.05, 0.1) is 5.56 Å². The average Bonchev–Trinajstić information content (AvgIpc) is 2.60. The predicted octanol–water partition coefficient (Wildman–Crippen LogP) is 3.03. The highest BCUT2D eigenvalue weighted by Gasteiger charge is 2.23. The molecule has 3 aromatic rings. The fraction of sp³-hybridized carbons (Fsp3) is 0.0556. The molecule has 7 nitrogen and oxygen atoms in total. The van der Waals surface area contributed by atoms with Crippen molar-refractivity contribution in [2.75, 3.05) is 0 Å². The maximum absolute atomic E-state index is 11.9. The molecule has 0 aliphatic rings. The van der Waals surface area contributed by atoms with Crippen molar-refractivity contribution < 1.29 is 14.5 Å².